The minimum atomic E-state index is -0.194. The van der Waals surface area contributed by atoms with Gasteiger partial charge in [0.1, 0.15) is 0 Å². The van der Waals surface area contributed by atoms with Gasteiger partial charge < -0.3 is 14.2 Å². The number of anilines is 1. The predicted octanol–water partition coefficient (Wildman–Crippen LogP) is 4.34. The molecule has 1 atom stereocenters. The topological polar surface area (TPSA) is 93.3 Å². The summed E-state index contributed by atoms with van der Waals surface area (Å²) >= 11 is 0. The van der Waals surface area contributed by atoms with Crippen molar-refractivity contribution in [2.45, 2.75) is 45.7 Å². The standard InChI is InChI=1S/C32H40N8O2/c1-21-15-25-17-28(34-21)26-18-33-38(3)31(26)42-14-4-5-24(23-7-8-23)20-40-29-16-22(19-39-12-10-37(2)11-13-39)6-9-27(29)35-32(40)36-30(25)41/h6,9,15-18,23-24H,4-5,7-8,10-14,19-20H2,1-3H3,(H,35,36,41). The van der Waals surface area contributed by atoms with Crippen LogP contribution in [0, 0.1) is 18.8 Å². The molecule has 0 spiro atoms. The quantitative estimate of drug-likeness (QED) is 0.393. The molecule has 1 N–H and O–H groups in total. The van der Waals surface area contributed by atoms with Crippen LogP contribution in [-0.4, -0.2) is 79.9 Å². The minimum absolute atomic E-state index is 0.194. The van der Waals surface area contributed by atoms with Gasteiger partial charge in [0.15, 0.2) is 0 Å². The van der Waals surface area contributed by atoms with Gasteiger partial charge >= 0.3 is 0 Å². The highest BCUT2D eigenvalue weighted by atomic mass is 16.5. The molecule has 1 saturated carbocycles. The molecule has 1 unspecified atom stereocenters. The van der Waals surface area contributed by atoms with Crippen LogP contribution in [0.25, 0.3) is 22.3 Å². The van der Waals surface area contributed by atoms with Crippen molar-refractivity contribution in [3.63, 3.8) is 0 Å². The average Bonchev–Trinajstić information content (AvgIpc) is 3.68. The highest BCUT2D eigenvalue weighted by molar-refractivity contribution is 6.04. The Morgan fingerprint density at radius 2 is 1.83 bits per heavy atom. The molecule has 2 bridgehead atoms. The number of pyridine rings is 1. The third-order valence-corrected chi connectivity index (χ3v) is 9.08. The maximum absolute atomic E-state index is 13.8. The van der Waals surface area contributed by atoms with Crippen LogP contribution >= 0.6 is 0 Å². The number of nitrogens with zero attached hydrogens (tertiary/aromatic N) is 7. The van der Waals surface area contributed by atoms with Crippen LogP contribution in [0.4, 0.5) is 5.95 Å². The molecule has 5 heterocycles. The molecule has 3 aromatic heterocycles. The Hall–Kier alpha value is -3.76. The van der Waals surface area contributed by atoms with Gasteiger partial charge in [0.2, 0.25) is 11.8 Å². The number of imidazole rings is 1. The number of carbonyl (C=O) groups is 1. The first-order valence-electron chi connectivity index (χ1n) is 15.3. The van der Waals surface area contributed by atoms with E-state index in [2.05, 4.69) is 50.0 Å². The van der Waals surface area contributed by atoms with E-state index in [1.807, 2.05) is 26.1 Å². The van der Waals surface area contributed by atoms with Crippen molar-refractivity contribution < 1.29 is 9.53 Å². The fraction of sp³-hybridized carbons (Fsp3) is 0.500. The Morgan fingerprint density at radius 3 is 2.64 bits per heavy atom. The summed E-state index contributed by atoms with van der Waals surface area (Å²) in [6.07, 6.45) is 6.29. The van der Waals surface area contributed by atoms with Gasteiger partial charge in [-0.3, -0.25) is 20.0 Å². The zero-order valence-corrected chi connectivity index (χ0v) is 24.8. The molecule has 2 fully saturated rings. The number of hydrogen-bond acceptors (Lipinski definition) is 7. The van der Waals surface area contributed by atoms with E-state index >= 15 is 0 Å². The molecular weight excluding hydrogens is 528 g/mol. The molecule has 2 aliphatic heterocycles. The Balaban J connectivity index is 1.27. The number of amides is 1. The maximum Gasteiger partial charge on any atom is 0.258 e. The number of rotatable bonds is 3. The number of aryl methyl sites for hydroxylation is 2. The molecule has 3 aliphatic rings. The fourth-order valence-electron chi connectivity index (χ4n) is 6.49. The lowest BCUT2D eigenvalue weighted by Gasteiger charge is -2.32. The summed E-state index contributed by atoms with van der Waals surface area (Å²) in [4.78, 5) is 28.4. The molecule has 7 rings (SSSR count). The number of benzene rings is 1. The molecule has 1 saturated heterocycles. The minimum Gasteiger partial charge on any atom is -0.477 e. The number of ether oxygens (including phenoxy) is 1. The Morgan fingerprint density at radius 1 is 1.00 bits per heavy atom. The predicted molar refractivity (Wildman–Crippen MR) is 163 cm³/mol. The van der Waals surface area contributed by atoms with Gasteiger partial charge in [0, 0.05) is 57.6 Å². The van der Waals surface area contributed by atoms with Crippen molar-refractivity contribution in [2.75, 3.05) is 45.2 Å². The summed E-state index contributed by atoms with van der Waals surface area (Å²) in [7, 11) is 4.07. The molecule has 1 amide bonds. The number of aromatic nitrogens is 5. The van der Waals surface area contributed by atoms with E-state index in [9.17, 15) is 4.79 Å². The highest BCUT2D eigenvalue weighted by Gasteiger charge is 2.32. The van der Waals surface area contributed by atoms with Gasteiger partial charge in [0.05, 0.1) is 35.1 Å². The molecule has 0 radical (unpaired) electrons. The zero-order valence-electron chi connectivity index (χ0n) is 24.8. The monoisotopic (exact) mass is 568 g/mol. The Kier molecular flexibility index (Phi) is 7.19. The van der Waals surface area contributed by atoms with Crippen molar-refractivity contribution in [3.8, 4) is 17.1 Å². The van der Waals surface area contributed by atoms with Crippen molar-refractivity contribution in [1.29, 1.82) is 0 Å². The SMILES string of the molecule is Cc1cc2cc(n1)-c1cnn(C)c1OCCCC(C1CC1)Cn1c(nc3ccc(CN4CCN(C)CC4)cc31)NC2=O. The normalized spacial score (nSPS) is 20.7. The first-order chi connectivity index (χ1) is 20.4. The lowest BCUT2D eigenvalue weighted by atomic mass is 9.97. The first kappa shape index (κ1) is 27.1. The number of carbonyl (C=O) groups excluding carboxylic acids is 1. The lowest BCUT2D eigenvalue weighted by Crippen LogP contribution is -2.43. The second kappa shape index (κ2) is 11.1. The van der Waals surface area contributed by atoms with Gasteiger partial charge in [-0.15, -0.1) is 0 Å². The van der Waals surface area contributed by atoms with E-state index < -0.39 is 0 Å². The van der Waals surface area contributed by atoms with Crippen LogP contribution in [0.3, 0.4) is 0 Å². The number of hydrogen-bond donors (Lipinski definition) is 1. The van der Waals surface area contributed by atoms with Crippen LogP contribution in [0.1, 0.15) is 47.3 Å². The third-order valence-electron chi connectivity index (χ3n) is 9.08. The van der Waals surface area contributed by atoms with Crippen molar-refractivity contribution in [1.82, 2.24) is 34.1 Å². The number of fused-ring (bicyclic) bond motifs is 7. The van der Waals surface area contributed by atoms with Gasteiger partial charge in [-0.25, -0.2) is 9.67 Å². The van der Waals surface area contributed by atoms with E-state index in [0.29, 0.717) is 41.5 Å². The van der Waals surface area contributed by atoms with Gasteiger partial charge in [-0.1, -0.05) is 6.07 Å². The molecule has 1 aromatic carbocycles. The van der Waals surface area contributed by atoms with E-state index in [-0.39, 0.29) is 5.91 Å². The van der Waals surface area contributed by atoms with Crippen LogP contribution in [0.2, 0.25) is 0 Å². The molecule has 10 nitrogen and oxygen atoms in total. The number of piperazine rings is 1. The van der Waals surface area contributed by atoms with Crippen molar-refractivity contribution >= 4 is 22.9 Å². The van der Waals surface area contributed by atoms with Gasteiger partial charge in [-0.05, 0) is 81.3 Å². The van der Waals surface area contributed by atoms with E-state index in [0.717, 1.165) is 74.4 Å². The molecule has 10 heteroatoms. The number of likely N-dealkylation sites (N-methyl/N-ethyl adjacent to an activating group) is 1. The highest BCUT2D eigenvalue weighted by Crippen LogP contribution is 2.41. The van der Waals surface area contributed by atoms with Crippen LogP contribution in [0.15, 0.2) is 36.5 Å². The molecule has 1 aliphatic carbocycles. The summed E-state index contributed by atoms with van der Waals surface area (Å²) in [6, 6.07) is 10.2. The smallest absolute Gasteiger partial charge is 0.258 e. The van der Waals surface area contributed by atoms with Gasteiger partial charge in [0.25, 0.3) is 5.91 Å². The Labute approximate surface area is 246 Å². The second-order valence-corrected chi connectivity index (χ2v) is 12.4. The lowest BCUT2D eigenvalue weighted by molar-refractivity contribution is 0.102. The summed E-state index contributed by atoms with van der Waals surface area (Å²) < 4.78 is 10.3. The average molecular weight is 569 g/mol. The zero-order chi connectivity index (χ0) is 28.8. The Bertz CT molecular complexity index is 1610. The summed E-state index contributed by atoms with van der Waals surface area (Å²) in [5.41, 5.74) is 6.06. The molecule has 42 heavy (non-hydrogen) atoms. The molecule has 4 aromatic rings. The van der Waals surface area contributed by atoms with Gasteiger partial charge in [-0.2, -0.15) is 5.10 Å². The van der Waals surface area contributed by atoms with E-state index in [1.165, 1.54) is 18.4 Å². The first-order valence-corrected chi connectivity index (χ1v) is 15.3. The fourth-order valence-corrected chi connectivity index (χ4v) is 6.49. The summed E-state index contributed by atoms with van der Waals surface area (Å²) in [5, 5.41) is 7.62. The summed E-state index contributed by atoms with van der Waals surface area (Å²) in [6.45, 7) is 8.62. The van der Waals surface area contributed by atoms with Crippen LogP contribution in [-0.2, 0) is 20.1 Å². The molecule has 220 valence electrons. The van der Waals surface area contributed by atoms with E-state index in [4.69, 9.17) is 14.7 Å². The second-order valence-electron chi connectivity index (χ2n) is 12.4. The van der Waals surface area contributed by atoms with E-state index in [1.54, 1.807) is 10.9 Å². The largest absolute Gasteiger partial charge is 0.477 e. The summed E-state index contributed by atoms with van der Waals surface area (Å²) in [5.74, 6) is 2.29. The number of nitrogens with one attached hydrogen (secondary N) is 1. The van der Waals surface area contributed by atoms with Crippen LogP contribution < -0.4 is 10.1 Å². The molecular formula is C32H40N8O2. The van der Waals surface area contributed by atoms with Crippen molar-refractivity contribution in [3.05, 3.63) is 53.3 Å². The van der Waals surface area contributed by atoms with Crippen molar-refractivity contribution in [2.24, 2.45) is 18.9 Å². The van der Waals surface area contributed by atoms with Crippen LogP contribution in [0.5, 0.6) is 5.88 Å². The third kappa shape index (κ3) is 5.53. The maximum atomic E-state index is 13.8.